The van der Waals surface area contributed by atoms with Crippen molar-refractivity contribution in [2.24, 2.45) is 0 Å². The van der Waals surface area contributed by atoms with Gasteiger partial charge in [-0.15, -0.1) is 4.57 Å². The van der Waals surface area contributed by atoms with Crippen molar-refractivity contribution < 1.29 is 14.8 Å². The van der Waals surface area contributed by atoms with Crippen molar-refractivity contribution in [1.29, 1.82) is 0 Å². The molecule has 0 radical (unpaired) electrons. The van der Waals surface area contributed by atoms with E-state index in [1.54, 1.807) is 12.1 Å². The van der Waals surface area contributed by atoms with Gasteiger partial charge in [-0.3, -0.25) is 0 Å². The average Bonchev–Trinajstić information content (AvgIpc) is 3.76. The zero-order chi connectivity index (χ0) is 47.5. The molecule has 0 fully saturated rings. The van der Waals surface area contributed by atoms with Gasteiger partial charge >= 0.3 is 5.85 Å². The van der Waals surface area contributed by atoms with Crippen molar-refractivity contribution in [3.8, 4) is 50.4 Å². The Morgan fingerprint density at radius 2 is 1.35 bits per heavy atom. The van der Waals surface area contributed by atoms with Crippen LogP contribution in [0.15, 0.2) is 134 Å². The minimum absolute atomic E-state index is 0.153. The van der Waals surface area contributed by atoms with Crippen LogP contribution < -0.4 is 19.1 Å². The predicted octanol–water partition coefficient (Wildman–Crippen LogP) is 15.0. The molecule has 0 aliphatic carbocycles. The van der Waals surface area contributed by atoms with Gasteiger partial charge in [-0.05, 0) is 98.8 Å². The maximum Gasteiger partial charge on any atom is 0.432 e. The second kappa shape index (κ2) is 13.2. The van der Waals surface area contributed by atoms with E-state index in [1.807, 2.05) is 26.0 Å². The molecule has 0 amide bonds. The lowest BCUT2D eigenvalue weighted by Gasteiger charge is -2.49. The third-order valence-electron chi connectivity index (χ3n) is 14.0. The first-order valence-electron chi connectivity index (χ1n) is 24.5. The Labute approximate surface area is 380 Å². The maximum atomic E-state index is 9.20. The summed E-state index contributed by atoms with van der Waals surface area (Å²) >= 11 is 0. The van der Waals surface area contributed by atoms with Gasteiger partial charge in [-0.1, -0.05) is 161 Å². The average molecular weight is 831 g/mol. The molecule has 4 aliphatic rings. The normalized spacial score (nSPS) is 19.3. The molecular formula is C59H60N3O+. The van der Waals surface area contributed by atoms with Gasteiger partial charge in [0.1, 0.15) is 17.5 Å². The van der Waals surface area contributed by atoms with Crippen LogP contribution in [0, 0.1) is 6.85 Å². The molecule has 0 N–H and O–H groups in total. The monoisotopic (exact) mass is 830 g/mol. The molecule has 4 aliphatic heterocycles. The number of pyridine rings is 1. The Hall–Kier alpha value is -6.13. The van der Waals surface area contributed by atoms with Crippen LogP contribution >= 0.6 is 0 Å². The fourth-order valence-corrected chi connectivity index (χ4v) is 10.6. The van der Waals surface area contributed by atoms with Crippen molar-refractivity contribution in [2.75, 3.05) is 9.80 Å². The summed E-state index contributed by atoms with van der Waals surface area (Å²) in [6.45, 7) is 22.4. The second-order valence-electron chi connectivity index (χ2n) is 21.5. The number of ether oxygens (including phenoxy) is 1. The molecule has 4 nitrogen and oxygen atoms in total. The summed E-state index contributed by atoms with van der Waals surface area (Å²) in [7, 11) is 0. The molecule has 0 bridgehead atoms. The quantitative estimate of drug-likeness (QED) is 0.165. The van der Waals surface area contributed by atoms with Crippen LogP contribution in [0.5, 0.6) is 5.75 Å². The molecular weight excluding hydrogens is 767 g/mol. The highest BCUT2D eigenvalue weighted by molar-refractivity contribution is 6.03. The van der Waals surface area contributed by atoms with Crippen LogP contribution in [0.2, 0.25) is 0 Å². The van der Waals surface area contributed by atoms with Gasteiger partial charge in [-0.2, -0.15) is 0 Å². The highest BCUT2D eigenvalue weighted by Gasteiger charge is 2.70. The van der Waals surface area contributed by atoms with Gasteiger partial charge in [0.05, 0.1) is 22.6 Å². The number of fused-ring (bicyclic) bond motifs is 5. The number of nitrogens with zero attached hydrogens (tertiary/aromatic N) is 3. The van der Waals surface area contributed by atoms with E-state index in [1.165, 1.54) is 11.1 Å². The number of hydrogen-bond acceptors (Lipinski definition) is 3. The Morgan fingerprint density at radius 3 is 2.03 bits per heavy atom. The Balaban J connectivity index is 1.28. The molecule has 63 heavy (non-hydrogen) atoms. The summed E-state index contributed by atoms with van der Waals surface area (Å²) in [5.41, 5.74) is 18.4. The van der Waals surface area contributed by atoms with Crippen molar-refractivity contribution in [3.05, 3.63) is 173 Å². The lowest BCUT2D eigenvalue weighted by Crippen LogP contribution is -2.71. The van der Waals surface area contributed by atoms with Crippen molar-refractivity contribution in [3.63, 3.8) is 0 Å². The fourth-order valence-electron chi connectivity index (χ4n) is 10.6. The second-order valence-corrected chi connectivity index (χ2v) is 21.5. The molecule has 4 heteroatoms. The smallest absolute Gasteiger partial charge is 0.410 e. The SMILES string of the molecule is [2H]C([2H])([2H])c1ccc(-c2cc[n+]3c(c2)-c2cc(C(C)(C)C)cc4c2C32Oc3c(cc(C(C)(C)C)cc3C(C)(C)C)C3N(c5ccc(C([2H])(C)C)cc5-c5ccccc5)c5cccc-4c5N32)cc1. The van der Waals surface area contributed by atoms with Crippen LogP contribution in [0.1, 0.15) is 133 Å². The molecule has 11 rings (SSSR count). The topological polar surface area (TPSA) is 19.6 Å². The van der Waals surface area contributed by atoms with E-state index < -0.39 is 18.6 Å². The van der Waals surface area contributed by atoms with Gasteiger partial charge < -0.3 is 9.64 Å². The summed E-state index contributed by atoms with van der Waals surface area (Å²) in [6, 6.07) is 45.4. The first kappa shape index (κ1) is 35.3. The first-order valence-corrected chi connectivity index (χ1v) is 22.5. The molecule has 6 aromatic carbocycles. The molecule has 1 aromatic heterocycles. The lowest BCUT2D eigenvalue weighted by atomic mass is 9.77. The number of aryl methyl sites for hydroxylation is 1. The van der Waals surface area contributed by atoms with Crippen LogP contribution in [0.3, 0.4) is 0 Å². The van der Waals surface area contributed by atoms with Gasteiger partial charge in [0.2, 0.25) is 5.69 Å². The Kier molecular flexibility index (Phi) is 7.41. The third-order valence-corrected chi connectivity index (χ3v) is 14.0. The van der Waals surface area contributed by atoms with E-state index >= 15 is 0 Å². The number of benzene rings is 6. The van der Waals surface area contributed by atoms with E-state index in [0.717, 1.165) is 89.7 Å². The van der Waals surface area contributed by atoms with Crippen molar-refractivity contribution >= 4 is 17.1 Å². The number of rotatable bonds is 4. The van der Waals surface area contributed by atoms with Crippen LogP contribution in [-0.4, -0.2) is 0 Å². The number of aromatic nitrogens is 1. The van der Waals surface area contributed by atoms with Crippen molar-refractivity contribution in [1.82, 2.24) is 0 Å². The van der Waals surface area contributed by atoms with E-state index in [-0.39, 0.29) is 22.4 Å². The number of para-hydroxylation sites is 1. The molecule has 5 heterocycles. The van der Waals surface area contributed by atoms with Crippen molar-refractivity contribution in [2.45, 2.75) is 117 Å². The predicted molar refractivity (Wildman–Crippen MR) is 261 cm³/mol. The maximum absolute atomic E-state index is 9.20. The van der Waals surface area contributed by atoms with Crippen LogP contribution in [0.4, 0.5) is 17.1 Å². The minimum Gasteiger partial charge on any atom is -0.410 e. The Bertz CT molecular complexity index is 3200. The zero-order valence-electron chi connectivity index (χ0n) is 42.5. The molecule has 1 spiro atoms. The Morgan fingerprint density at radius 1 is 0.635 bits per heavy atom. The lowest BCUT2D eigenvalue weighted by molar-refractivity contribution is -0.774. The third kappa shape index (κ3) is 5.69. The van der Waals surface area contributed by atoms with Gasteiger partial charge in [0, 0.05) is 45.4 Å². The highest BCUT2D eigenvalue weighted by atomic mass is 16.5. The summed E-state index contributed by atoms with van der Waals surface area (Å²) in [5, 5.41) is 0. The van der Waals surface area contributed by atoms with E-state index in [2.05, 4.69) is 186 Å². The fraction of sp³-hybridized carbons (Fsp3) is 0.305. The van der Waals surface area contributed by atoms with Gasteiger partial charge in [-0.25, -0.2) is 4.90 Å². The summed E-state index contributed by atoms with van der Waals surface area (Å²) in [6.07, 6.45) is 1.84. The summed E-state index contributed by atoms with van der Waals surface area (Å²) < 4.78 is 43.8. The van der Waals surface area contributed by atoms with E-state index in [0.29, 0.717) is 5.56 Å². The first-order chi connectivity index (χ1) is 31.4. The zero-order valence-corrected chi connectivity index (χ0v) is 38.5. The van der Waals surface area contributed by atoms with E-state index in [4.69, 9.17) is 8.85 Å². The van der Waals surface area contributed by atoms with E-state index in [9.17, 15) is 1.37 Å². The highest BCUT2D eigenvalue weighted by Crippen LogP contribution is 2.68. The van der Waals surface area contributed by atoms with Gasteiger partial charge in [0.15, 0.2) is 6.20 Å². The molecule has 316 valence electrons. The summed E-state index contributed by atoms with van der Waals surface area (Å²) in [4.78, 5) is 5.15. The molecule has 7 aromatic rings. The summed E-state index contributed by atoms with van der Waals surface area (Å²) in [5.74, 6) is -1.06. The largest absolute Gasteiger partial charge is 0.432 e. The van der Waals surface area contributed by atoms with Crippen LogP contribution in [-0.2, 0) is 22.1 Å². The van der Waals surface area contributed by atoms with Gasteiger partial charge in [0.25, 0.3) is 0 Å². The number of anilines is 3. The molecule has 0 saturated carbocycles. The standard InChI is InChI=1S/C59H60N3O/c1-35(2)39-25-26-49(44(29-39)38-17-14-13-15-18-38)61-50-20-16-19-43-45-31-41(56(4,5)6)32-46-51-30-40(37-23-21-36(3)22-24-37)27-28-60(51)59(52(45)46)62(53(43)50)55(61)47-33-42(57(7,8)9)34-48(54(47)63-59)58(10,11)12/h13-35,55H,1-12H3/q+1/i3D3,35D. The number of hydrogen-bond donors (Lipinski definition) is 0. The molecule has 2 atom stereocenters. The minimum atomic E-state index is -2.18. The molecule has 2 unspecified atom stereocenters. The van der Waals surface area contributed by atoms with Crippen LogP contribution in [0.25, 0.3) is 44.6 Å². The molecule has 0 saturated heterocycles.